The predicted molar refractivity (Wildman–Crippen MR) is 84.5 cm³/mol. The van der Waals surface area contributed by atoms with Crippen LogP contribution in [-0.2, 0) is 16.6 Å². The van der Waals surface area contributed by atoms with Crippen LogP contribution in [0, 0.1) is 6.92 Å². The van der Waals surface area contributed by atoms with Crippen molar-refractivity contribution in [3.8, 4) is 0 Å². The number of sulfonamides is 1. The molecular formula is C14H26N4O2S. The van der Waals surface area contributed by atoms with E-state index in [0.29, 0.717) is 17.9 Å². The molecule has 0 aromatic carbocycles. The van der Waals surface area contributed by atoms with Gasteiger partial charge in [0.25, 0.3) is 0 Å². The first-order chi connectivity index (χ1) is 9.66. The molecule has 0 spiro atoms. The van der Waals surface area contributed by atoms with Crippen LogP contribution in [0.3, 0.4) is 0 Å². The maximum Gasteiger partial charge on any atom is 0.247 e. The molecule has 7 heteroatoms. The lowest BCUT2D eigenvalue weighted by Crippen LogP contribution is -2.46. The molecular weight excluding hydrogens is 288 g/mol. The number of H-pyrrole nitrogens is 1. The molecule has 0 bridgehead atoms. The van der Waals surface area contributed by atoms with E-state index in [1.54, 1.807) is 13.0 Å². The second-order valence-corrected chi connectivity index (χ2v) is 7.70. The number of nitrogens with zero attached hydrogens (tertiary/aromatic N) is 2. The number of aryl methyl sites for hydroxylation is 1. The SMILES string of the molecule is C=CCN(C(C)(C)C)S(=O)(=O)c1c(CNCC)n[nH]c1C. The molecule has 1 rings (SSSR count). The highest BCUT2D eigenvalue weighted by Crippen LogP contribution is 2.27. The van der Waals surface area contributed by atoms with Gasteiger partial charge in [-0.15, -0.1) is 6.58 Å². The first kappa shape index (κ1) is 17.9. The zero-order valence-corrected chi connectivity index (χ0v) is 14.3. The standard InChI is InChI=1S/C14H26N4O2S/c1-7-9-18(14(4,5)6)21(19,20)13-11(3)16-17-12(13)10-15-8-2/h7,15H,1,8-10H2,2-6H3,(H,16,17). The summed E-state index contributed by atoms with van der Waals surface area (Å²) in [6, 6.07) is 0. The van der Waals surface area contributed by atoms with Gasteiger partial charge in [-0.05, 0) is 34.2 Å². The summed E-state index contributed by atoms with van der Waals surface area (Å²) < 4.78 is 27.5. The summed E-state index contributed by atoms with van der Waals surface area (Å²) in [4.78, 5) is 0.264. The van der Waals surface area contributed by atoms with Crippen molar-refractivity contribution in [2.24, 2.45) is 0 Å². The summed E-state index contributed by atoms with van der Waals surface area (Å²) in [5, 5.41) is 10.0. The van der Waals surface area contributed by atoms with Crippen LogP contribution in [0.25, 0.3) is 0 Å². The van der Waals surface area contributed by atoms with Gasteiger partial charge in [-0.25, -0.2) is 8.42 Å². The Labute approximate surface area is 127 Å². The van der Waals surface area contributed by atoms with E-state index in [0.717, 1.165) is 6.54 Å². The number of aromatic amines is 1. The van der Waals surface area contributed by atoms with Gasteiger partial charge in [0.05, 0.1) is 11.4 Å². The van der Waals surface area contributed by atoms with Crippen molar-refractivity contribution in [1.29, 1.82) is 0 Å². The van der Waals surface area contributed by atoms with E-state index in [-0.39, 0.29) is 11.4 Å². The molecule has 2 N–H and O–H groups in total. The van der Waals surface area contributed by atoms with E-state index >= 15 is 0 Å². The van der Waals surface area contributed by atoms with E-state index in [1.807, 2.05) is 27.7 Å². The van der Waals surface area contributed by atoms with Crippen molar-refractivity contribution >= 4 is 10.0 Å². The maximum atomic E-state index is 13.0. The quantitative estimate of drug-likeness (QED) is 0.752. The average molecular weight is 314 g/mol. The number of nitrogens with one attached hydrogen (secondary N) is 2. The smallest absolute Gasteiger partial charge is 0.247 e. The summed E-state index contributed by atoms with van der Waals surface area (Å²) >= 11 is 0. The highest BCUT2D eigenvalue weighted by Gasteiger charge is 2.36. The molecule has 0 saturated carbocycles. The predicted octanol–water partition coefficient (Wildman–Crippen LogP) is 1.80. The monoisotopic (exact) mass is 314 g/mol. The Balaban J connectivity index is 3.34. The van der Waals surface area contributed by atoms with Crippen LogP contribution in [0.2, 0.25) is 0 Å². The summed E-state index contributed by atoms with van der Waals surface area (Å²) in [5.41, 5.74) is 0.542. The van der Waals surface area contributed by atoms with Crippen LogP contribution in [0.1, 0.15) is 39.1 Å². The van der Waals surface area contributed by atoms with Crippen LogP contribution < -0.4 is 5.32 Å². The maximum absolute atomic E-state index is 13.0. The summed E-state index contributed by atoms with van der Waals surface area (Å²) in [6.45, 7) is 14.4. The van der Waals surface area contributed by atoms with Gasteiger partial charge in [-0.3, -0.25) is 5.10 Å². The van der Waals surface area contributed by atoms with Crippen molar-refractivity contribution in [3.63, 3.8) is 0 Å². The summed E-state index contributed by atoms with van der Waals surface area (Å²) in [6.07, 6.45) is 1.60. The second-order valence-electron chi connectivity index (χ2n) is 5.90. The van der Waals surface area contributed by atoms with Gasteiger partial charge < -0.3 is 5.32 Å². The van der Waals surface area contributed by atoms with E-state index in [1.165, 1.54) is 4.31 Å². The molecule has 21 heavy (non-hydrogen) atoms. The molecule has 6 nitrogen and oxygen atoms in total. The fourth-order valence-electron chi connectivity index (χ4n) is 2.13. The Morgan fingerprint density at radius 2 is 2.05 bits per heavy atom. The molecule has 0 fully saturated rings. The third kappa shape index (κ3) is 3.93. The van der Waals surface area contributed by atoms with Gasteiger partial charge in [0.1, 0.15) is 4.90 Å². The second kappa shape index (κ2) is 6.72. The minimum absolute atomic E-state index is 0.261. The molecule has 0 unspecified atom stereocenters. The van der Waals surface area contributed by atoms with Crippen LogP contribution in [0.15, 0.2) is 17.6 Å². The van der Waals surface area contributed by atoms with Crippen molar-refractivity contribution in [3.05, 3.63) is 24.0 Å². The minimum atomic E-state index is -3.64. The van der Waals surface area contributed by atoms with E-state index in [4.69, 9.17) is 0 Å². The van der Waals surface area contributed by atoms with Gasteiger partial charge in [0.15, 0.2) is 0 Å². The van der Waals surface area contributed by atoms with E-state index in [9.17, 15) is 8.42 Å². The molecule has 0 saturated heterocycles. The Kier molecular flexibility index (Phi) is 5.72. The summed E-state index contributed by atoms with van der Waals surface area (Å²) in [7, 11) is -3.64. The Morgan fingerprint density at radius 1 is 1.43 bits per heavy atom. The van der Waals surface area contributed by atoms with Crippen molar-refractivity contribution in [2.45, 2.75) is 51.6 Å². The zero-order valence-electron chi connectivity index (χ0n) is 13.5. The Hall–Kier alpha value is -1.18. The molecule has 0 atom stereocenters. The van der Waals surface area contributed by atoms with Crippen LogP contribution in [0.4, 0.5) is 0 Å². The molecule has 0 radical (unpaired) electrons. The Morgan fingerprint density at radius 3 is 2.52 bits per heavy atom. The van der Waals surface area contributed by atoms with E-state index < -0.39 is 15.6 Å². The molecule has 1 aromatic heterocycles. The lowest BCUT2D eigenvalue weighted by atomic mass is 10.1. The van der Waals surface area contributed by atoms with Crippen molar-refractivity contribution in [2.75, 3.05) is 13.1 Å². The normalized spacial score (nSPS) is 12.9. The number of rotatable bonds is 7. The van der Waals surface area contributed by atoms with Gasteiger partial charge in [-0.2, -0.15) is 9.40 Å². The number of hydrogen-bond donors (Lipinski definition) is 2. The third-order valence-electron chi connectivity index (χ3n) is 3.09. The molecule has 1 heterocycles. The number of aromatic nitrogens is 2. The lowest BCUT2D eigenvalue weighted by molar-refractivity contribution is 0.269. The average Bonchev–Trinajstić information content (AvgIpc) is 2.73. The fraction of sp³-hybridized carbons (Fsp3) is 0.643. The fourth-order valence-corrected chi connectivity index (χ4v) is 4.23. The van der Waals surface area contributed by atoms with E-state index in [2.05, 4.69) is 22.1 Å². The van der Waals surface area contributed by atoms with Gasteiger partial charge in [-0.1, -0.05) is 13.0 Å². The zero-order chi connectivity index (χ0) is 16.3. The Bertz CT molecular complexity index is 585. The van der Waals surface area contributed by atoms with Crippen molar-refractivity contribution < 1.29 is 8.42 Å². The first-order valence-corrected chi connectivity index (χ1v) is 8.48. The topological polar surface area (TPSA) is 78.1 Å². The van der Waals surface area contributed by atoms with Gasteiger partial charge >= 0.3 is 0 Å². The third-order valence-corrected chi connectivity index (χ3v) is 5.43. The van der Waals surface area contributed by atoms with Crippen LogP contribution in [-0.4, -0.2) is 41.5 Å². The molecule has 120 valence electrons. The molecule has 1 aromatic rings. The summed E-state index contributed by atoms with van der Waals surface area (Å²) in [5.74, 6) is 0. The largest absolute Gasteiger partial charge is 0.311 e. The lowest BCUT2D eigenvalue weighted by Gasteiger charge is -2.33. The highest BCUT2D eigenvalue weighted by atomic mass is 32.2. The molecule has 0 aliphatic carbocycles. The minimum Gasteiger partial charge on any atom is -0.311 e. The van der Waals surface area contributed by atoms with Gasteiger partial charge in [0.2, 0.25) is 10.0 Å². The highest BCUT2D eigenvalue weighted by molar-refractivity contribution is 7.89. The van der Waals surface area contributed by atoms with Gasteiger partial charge in [0, 0.05) is 18.6 Å². The molecule has 0 aliphatic rings. The van der Waals surface area contributed by atoms with Crippen LogP contribution in [0.5, 0.6) is 0 Å². The molecule has 0 aliphatic heterocycles. The van der Waals surface area contributed by atoms with Crippen molar-refractivity contribution in [1.82, 2.24) is 19.8 Å². The van der Waals surface area contributed by atoms with Crippen LogP contribution >= 0.6 is 0 Å². The first-order valence-electron chi connectivity index (χ1n) is 7.04. The molecule has 0 amide bonds. The number of hydrogen-bond acceptors (Lipinski definition) is 4.